The Kier molecular flexibility index (Phi) is 3.64. The monoisotopic (exact) mass is 351 g/mol. The van der Waals surface area contributed by atoms with Crippen LogP contribution in [0.15, 0.2) is 53.1 Å². The van der Waals surface area contributed by atoms with E-state index >= 15 is 0 Å². The minimum absolute atomic E-state index is 0.223. The summed E-state index contributed by atoms with van der Waals surface area (Å²) < 4.78 is 11.1. The van der Waals surface area contributed by atoms with Crippen LogP contribution >= 0.6 is 0 Å². The van der Waals surface area contributed by atoms with Crippen LogP contribution < -0.4 is 15.0 Å². The number of imide groups is 1. The van der Waals surface area contributed by atoms with Gasteiger partial charge < -0.3 is 14.5 Å². The van der Waals surface area contributed by atoms with Crippen molar-refractivity contribution in [3.05, 3.63) is 48.7 Å². The maximum atomic E-state index is 12.6. The molecule has 1 fully saturated rings. The highest BCUT2D eigenvalue weighted by atomic mass is 16.5. The van der Waals surface area contributed by atoms with E-state index in [0.29, 0.717) is 17.8 Å². The quantitative estimate of drug-likeness (QED) is 0.722. The Hall–Kier alpha value is -3.35. The number of pyridine rings is 1. The molecular weight excluding hydrogens is 334 g/mol. The average Bonchev–Trinajstić information content (AvgIpc) is 3.18. The van der Waals surface area contributed by atoms with Gasteiger partial charge in [0.15, 0.2) is 0 Å². The molecule has 1 aromatic carbocycles. The van der Waals surface area contributed by atoms with Gasteiger partial charge in [0.25, 0.3) is 5.91 Å². The predicted octanol–water partition coefficient (Wildman–Crippen LogP) is 3.85. The summed E-state index contributed by atoms with van der Waals surface area (Å²) in [7, 11) is 0. The van der Waals surface area contributed by atoms with Crippen molar-refractivity contribution >= 4 is 28.7 Å². The summed E-state index contributed by atoms with van der Waals surface area (Å²) in [5.41, 5.74) is -0.216. The number of fused-ring (bicyclic) bond motifs is 1. The molecule has 26 heavy (non-hydrogen) atoms. The van der Waals surface area contributed by atoms with Gasteiger partial charge in [-0.3, -0.25) is 4.79 Å². The highest BCUT2D eigenvalue weighted by Gasteiger charge is 2.47. The lowest BCUT2D eigenvalue weighted by atomic mass is 9.99. The third-order valence-corrected chi connectivity index (χ3v) is 4.56. The fraction of sp³-hybridized carbons (Fsp3) is 0.211. The summed E-state index contributed by atoms with van der Waals surface area (Å²) in [5.74, 6) is 0.722. The number of benzene rings is 1. The van der Waals surface area contributed by atoms with E-state index in [1.807, 2.05) is 19.1 Å². The second kappa shape index (κ2) is 5.87. The number of hydrogen-bond donors (Lipinski definition) is 1. The number of urea groups is 1. The van der Waals surface area contributed by atoms with Crippen molar-refractivity contribution in [2.45, 2.75) is 25.8 Å². The minimum atomic E-state index is -0.917. The normalized spacial score (nSPS) is 19.8. The van der Waals surface area contributed by atoms with Gasteiger partial charge in [0.1, 0.15) is 22.7 Å². The molecule has 3 amide bonds. The first-order valence-electron chi connectivity index (χ1n) is 8.29. The van der Waals surface area contributed by atoms with E-state index in [1.54, 1.807) is 43.5 Å². The van der Waals surface area contributed by atoms with Gasteiger partial charge in [0, 0.05) is 17.5 Å². The lowest BCUT2D eigenvalue weighted by molar-refractivity contribution is -0.121. The van der Waals surface area contributed by atoms with E-state index in [2.05, 4.69) is 10.3 Å². The van der Waals surface area contributed by atoms with Crippen LogP contribution in [0.1, 0.15) is 20.3 Å². The third-order valence-electron chi connectivity index (χ3n) is 4.56. The third kappa shape index (κ3) is 2.57. The molecule has 0 spiro atoms. The molecule has 1 aliphatic heterocycles. The standard InChI is InChI=1S/C19H17N3O4/c1-3-19(2)17(23)22(18(24)21-19)15-5-4-6-16(20-15)26-13-8-7-12-9-10-25-14(12)11-13/h4-11H,3H2,1-2H3,(H,21,24)/t19-/m0/s1. The second-order valence-corrected chi connectivity index (χ2v) is 6.31. The van der Waals surface area contributed by atoms with Crippen molar-refractivity contribution in [3.8, 4) is 11.6 Å². The fourth-order valence-corrected chi connectivity index (χ4v) is 2.84. The Bertz CT molecular complexity index is 1010. The Morgan fingerprint density at radius 1 is 1.23 bits per heavy atom. The van der Waals surface area contributed by atoms with Crippen molar-refractivity contribution in [2.24, 2.45) is 0 Å². The maximum absolute atomic E-state index is 12.6. The summed E-state index contributed by atoms with van der Waals surface area (Å²) in [6, 6.07) is 11.8. The molecule has 7 heteroatoms. The number of furan rings is 1. The average molecular weight is 351 g/mol. The highest BCUT2D eigenvalue weighted by molar-refractivity contribution is 6.22. The van der Waals surface area contributed by atoms with E-state index in [0.717, 1.165) is 10.3 Å². The molecule has 1 saturated heterocycles. The molecule has 0 aliphatic carbocycles. The molecule has 3 aromatic rings. The first-order valence-corrected chi connectivity index (χ1v) is 8.29. The number of anilines is 1. The van der Waals surface area contributed by atoms with Crippen LogP contribution in [0.2, 0.25) is 0 Å². The molecule has 1 N–H and O–H groups in total. The number of amides is 3. The topological polar surface area (TPSA) is 84.7 Å². The molecule has 0 radical (unpaired) electrons. The summed E-state index contributed by atoms with van der Waals surface area (Å²) in [6.45, 7) is 3.55. The van der Waals surface area contributed by atoms with Gasteiger partial charge in [-0.05, 0) is 37.6 Å². The van der Waals surface area contributed by atoms with Gasteiger partial charge in [-0.25, -0.2) is 9.69 Å². The van der Waals surface area contributed by atoms with Crippen LogP contribution in [0.25, 0.3) is 11.0 Å². The number of ether oxygens (including phenoxy) is 1. The van der Waals surface area contributed by atoms with E-state index in [1.165, 1.54) is 0 Å². The number of carbonyl (C=O) groups excluding carboxylic acids is 2. The van der Waals surface area contributed by atoms with Crippen LogP contribution in [0, 0.1) is 0 Å². The number of hydrogen-bond acceptors (Lipinski definition) is 5. The van der Waals surface area contributed by atoms with E-state index in [-0.39, 0.29) is 17.6 Å². The second-order valence-electron chi connectivity index (χ2n) is 6.31. The Morgan fingerprint density at radius 3 is 2.85 bits per heavy atom. The number of nitrogens with one attached hydrogen (secondary N) is 1. The first kappa shape index (κ1) is 16.1. The Morgan fingerprint density at radius 2 is 2.08 bits per heavy atom. The van der Waals surface area contributed by atoms with Crippen molar-refractivity contribution in [3.63, 3.8) is 0 Å². The highest BCUT2D eigenvalue weighted by Crippen LogP contribution is 2.29. The predicted molar refractivity (Wildman–Crippen MR) is 95.2 cm³/mol. The molecule has 132 valence electrons. The van der Waals surface area contributed by atoms with Gasteiger partial charge in [0.2, 0.25) is 5.88 Å². The van der Waals surface area contributed by atoms with Crippen LogP contribution in [0.3, 0.4) is 0 Å². The van der Waals surface area contributed by atoms with E-state index in [4.69, 9.17) is 9.15 Å². The van der Waals surface area contributed by atoms with Crippen molar-refractivity contribution in [1.29, 1.82) is 0 Å². The molecule has 3 heterocycles. The lowest BCUT2D eigenvalue weighted by Crippen LogP contribution is -2.43. The van der Waals surface area contributed by atoms with E-state index < -0.39 is 11.6 Å². The summed E-state index contributed by atoms with van der Waals surface area (Å²) >= 11 is 0. The fourth-order valence-electron chi connectivity index (χ4n) is 2.84. The van der Waals surface area contributed by atoms with Crippen molar-refractivity contribution in [2.75, 3.05) is 4.90 Å². The summed E-state index contributed by atoms with van der Waals surface area (Å²) in [5, 5.41) is 3.68. The molecule has 0 saturated carbocycles. The zero-order valence-electron chi connectivity index (χ0n) is 14.4. The molecule has 1 aliphatic rings. The molecule has 7 nitrogen and oxygen atoms in total. The smallest absolute Gasteiger partial charge is 0.330 e. The Balaban J connectivity index is 1.62. The van der Waals surface area contributed by atoms with Crippen LogP contribution in [-0.2, 0) is 4.79 Å². The number of carbonyl (C=O) groups is 2. The van der Waals surface area contributed by atoms with Gasteiger partial charge in [0.05, 0.1) is 6.26 Å². The molecule has 0 bridgehead atoms. The first-order chi connectivity index (χ1) is 12.5. The van der Waals surface area contributed by atoms with Crippen LogP contribution in [0.5, 0.6) is 11.6 Å². The zero-order valence-corrected chi connectivity index (χ0v) is 14.4. The van der Waals surface area contributed by atoms with Gasteiger partial charge >= 0.3 is 6.03 Å². The van der Waals surface area contributed by atoms with Gasteiger partial charge in [-0.15, -0.1) is 0 Å². The molecular formula is C19H17N3O4. The largest absolute Gasteiger partial charge is 0.464 e. The van der Waals surface area contributed by atoms with Crippen molar-refractivity contribution in [1.82, 2.24) is 10.3 Å². The molecule has 2 aromatic heterocycles. The van der Waals surface area contributed by atoms with E-state index in [9.17, 15) is 9.59 Å². The minimum Gasteiger partial charge on any atom is -0.464 e. The molecule has 1 atom stereocenters. The zero-order chi connectivity index (χ0) is 18.3. The van der Waals surface area contributed by atoms with Gasteiger partial charge in [-0.2, -0.15) is 4.98 Å². The van der Waals surface area contributed by atoms with Gasteiger partial charge in [-0.1, -0.05) is 13.0 Å². The Labute approximate surface area is 149 Å². The molecule has 4 rings (SSSR count). The lowest BCUT2D eigenvalue weighted by Gasteiger charge is -2.19. The SMILES string of the molecule is CC[C@]1(C)NC(=O)N(c2cccc(Oc3ccc4ccoc4c3)n2)C1=O. The number of nitrogens with zero attached hydrogens (tertiary/aromatic N) is 2. The maximum Gasteiger partial charge on any atom is 0.330 e. The number of rotatable bonds is 4. The summed E-state index contributed by atoms with van der Waals surface area (Å²) in [6.07, 6.45) is 2.10. The molecule has 0 unspecified atom stereocenters. The van der Waals surface area contributed by atoms with Crippen LogP contribution in [0.4, 0.5) is 10.6 Å². The summed E-state index contributed by atoms with van der Waals surface area (Å²) in [4.78, 5) is 30.2. The van der Waals surface area contributed by atoms with Crippen LogP contribution in [-0.4, -0.2) is 22.5 Å². The number of aromatic nitrogens is 1. The van der Waals surface area contributed by atoms with Crippen molar-refractivity contribution < 1.29 is 18.7 Å².